The van der Waals surface area contributed by atoms with Crippen LogP contribution >= 0.6 is 11.6 Å². The van der Waals surface area contributed by atoms with Gasteiger partial charge in [-0.05, 0) is 19.1 Å². The van der Waals surface area contributed by atoms with Gasteiger partial charge in [0.15, 0.2) is 0 Å². The van der Waals surface area contributed by atoms with E-state index < -0.39 is 10.0 Å². The summed E-state index contributed by atoms with van der Waals surface area (Å²) in [5, 5.41) is 0.101. The molecule has 1 rings (SSSR count). The second kappa shape index (κ2) is 4.86. The highest BCUT2D eigenvalue weighted by molar-refractivity contribution is 7.89. The molecular formula is C10H13ClN2O2S. The number of nitrogens with two attached hydrogens (primary N) is 1. The summed E-state index contributed by atoms with van der Waals surface area (Å²) < 4.78 is 26.2. The highest BCUT2D eigenvalue weighted by Crippen LogP contribution is 2.26. The molecule has 3 N–H and O–H groups in total. The van der Waals surface area contributed by atoms with E-state index in [0.29, 0.717) is 0 Å². The van der Waals surface area contributed by atoms with Gasteiger partial charge in [0.1, 0.15) is 4.90 Å². The van der Waals surface area contributed by atoms with Gasteiger partial charge in [0.05, 0.1) is 10.7 Å². The number of hydrogen-bond acceptors (Lipinski definition) is 3. The second-order valence-electron chi connectivity index (χ2n) is 3.30. The lowest BCUT2D eigenvalue weighted by molar-refractivity contribution is 0.576. The second-order valence-corrected chi connectivity index (χ2v) is 5.36. The van der Waals surface area contributed by atoms with Gasteiger partial charge in [0, 0.05) is 6.04 Å². The molecule has 0 saturated carbocycles. The molecule has 0 aliphatic heterocycles. The van der Waals surface area contributed by atoms with E-state index in [0.717, 1.165) is 0 Å². The average molecular weight is 261 g/mol. The van der Waals surface area contributed by atoms with E-state index in [1.807, 2.05) is 0 Å². The van der Waals surface area contributed by atoms with Crippen LogP contribution in [0.3, 0.4) is 0 Å². The van der Waals surface area contributed by atoms with Crippen molar-refractivity contribution in [2.45, 2.75) is 17.9 Å². The minimum atomic E-state index is -3.71. The normalized spacial score (nSPS) is 13.4. The van der Waals surface area contributed by atoms with Gasteiger partial charge in [-0.25, -0.2) is 13.1 Å². The highest BCUT2D eigenvalue weighted by Gasteiger charge is 2.21. The summed E-state index contributed by atoms with van der Waals surface area (Å²) in [5.74, 6) is 0. The van der Waals surface area contributed by atoms with Crippen LogP contribution in [0.2, 0.25) is 5.02 Å². The largest absolute Gasteiger partial charge is 0.398 e. The Labute approximate surface area is 100 Å². The molecule has 16 heavy (non-hydrogen) atoms. The fourth-order valence-corrected chi connectivity index (χ4v) is 3.05. The quantitative estimate of drug-likeness (QED) is 0.640. The number of benzene rings is 1. The molecule has 1 aromatic carbocycles. The minimum absolute atomic E-state index is 0.0923. The number of hydrogen-bond donors (Lipinski definition) is 2. The monoisotopic (exact) mass is 260 g/mol. The number of nitrogens with one attached hydrogen (secondary N) is 1. The summed E-state index contributed by atoms with van der Waals surface area (Å²) in [6, 6.07) is 4.16. The van der Waals surface area contributed by atoms with Crippen molar-refractivity contribution in [2.24, 2.45) is 0 Å². The molecule has 0 aromatic heterocycles. The van der Waals surface area contributed by atoms with E-state index in [1.54, 1.807) is 13.0 Å². The van der Waals surface area contributed by atoms with E-state index in [-0.39, 0.29) is 21.6 Å². The lowest BCUT2D eigenvalue weighted by atomic mass is 10.3. The number of nitrogen functional groups attached to an aromatic ring is 1. The van der Waals surface area contributed by atoms with Crippen LogP contribution < -0.4 is 10.5 Å². The molecule has 0 aliphatic carbocycles. The van der Waals surface area contributed by atoms with Crippen LogP contribution in [0.5, 0.6) is 0 Å². The number of anilines is 1. The van der Waals surface area contributed by atoms with Crippen molar-refractivity contribution in [2.75, 3.05) is 5.73 Å². The van der Waals surface area contributed by atoms with Crippen molar-refractivity contribution < 1.29 is 8.42 Å². The summed E-state index contributed by atoms with van der Waals surface area (Å²) in [5.41, 5.74) is 5.72. The molecule has 1 atom stereocenters. The molecule has 0 radical (unpaired) electrons. The van der Waals surface area contributed by atoms with Crippen LogP contribution in [0.1, 0.15) is 6.92 Å². The molecule has 0 saturated heterocycles. The standard InChI is InChI=1S/C10H13ClN2O2S/c1-3-7(2)13-16(14,15)10-8(11)5-4-6-9(10)12/h3-7,13H,1,12H2,2H3. The predicted molar refractivity (Wildman–Crippen MR) is 65.8 cm³/mol. The van der Waals surface area contributed by atoms with Crippen molar-refractivity contribution >= 4 is 27.3 Å². The lowest BCUT2D eigenvalue weighted by Gasteiger charge is -2.13. The molecule has 0 heterocycles. The van der Waals surface area contributed by atoms with Gasteiger partial charge in [-0.1, -0.05) is 23.7 Å². The van der Waals surface area contributed by atoms with Crippen LogP contribution in [-0.2, 0) is 10.0 Å². The first-order chi connectivity index (χ1) is 7.38. The van der Waals surface area contributed by atoms with Gasteiger partial charge in [0.2, 0.25) is 10.0 Å². The highest BCUT2D eigenvalue weighted by atomic mass is 35.5. The number of sulfonamides is 1. The van der Waals surface area contributed by atoms with Gasteiger partial charge in [-0.2, -0.15) is 0 Å². The lowest BCUT2D eigenvalue weighted by Crippen LogP contribution is -2.31. The third-order valence-electron chi connectivity index (χ3n) is 1.96. The van der Waals surface area contributed by atoms with Gasteiger partial charge < -0.3 is 5.73 Å². The Balaban J connectivity index is 3.22. The van der Waals surface area contributed by atoms with Crippen molar-refractivity contribution in [1.82, 2.24) is 4.72 Å². The minimum Gasteiger partial charge on any atom is -0.398 e. The Morgan fingerprint density at radius 2 is 2.19 bits per heavy atom. The molecule has 0 spiro atoms. The zero-order chi connectivity index (χ0) is 12.3. The van der Waals surface area contributed by atoms with Crippen molar-refractivity contribution in [3.05, 3.63) is 35.9 Å². The van der Waals surface area contributed by atoms with Crippen LogP contribution in [0.4, 0.5) is 5.69 Å². The Bertz CT molecular complexity index is 479. The van der Waals surface area contributed by atoms with Crippen LogP contribution in [0.25, 0.3) is 0 Å². The molecule has 0 amide bonds. The zero-order valence-corrected chi connectivity index (χ0v) is 10.3. The molecule has 0 aliphatic rings. The van der Waals surface area contributed by atoms with E-state index in [9.17, 15) is 8.42 Å². The predicted octanol–water partition coefficient (Wildman–Crippen LogP) is 1.77. The van der Waals surface area contributed by atoms with E-state index in [2.05, 4.69) is 11.3 Å². The van der Waals surface area contributed by atoms with Gasteiger partial charge in [0.25, 0.3) is 0 Å². The first-order valence-corrected chi connectivity index (χ1v) is 6.43. The number of rotatable bonds is 4. The maximum absolute atomic E-state index is 11.9. The van der Waals surface area contributed by atoms with E-state index in [1.165, 1.54) is 18.2 Å². The first-order valence-electron chi connectivity index (χ1n) is 4.57. The SMILES string of the molecule is C=CC(C)NS(=O)(=O)c1c(N)cccc1Cl. The van der Waals surface area contributed by atoms with E-state index >= 15 is 0 Å². The molecule has 88 valence electrons. The van der Waals surface area contributed by atoms with Crippen molar-refractivity contribution in [3.8, 4) is 0 Å². The van der Waals surface area contributed by atoms with Crippen LogP contribution in [-0.4, -0.2) is 14.5 Å². The molecule has 1 aromatic rings. The topological polar surface area (TPSA) is 72.2 Å². The van der Waals surface area contributed by atoms with Crippen molar-refractivity contribution in [1.29, 1.82) is 0 Å². The fourth-order valence-electron chi connectivity index (χ4n) is 1.16. The van der Waals surface area contributed by atoms with E-state index in [4.69, 9.17) is 17.3 Å². The van der Waals surface area contributed by atoms with Gasteiger partial charge >= 0.3 is 0 Å². The summed E-state index contributed by atoms with van der Waals surface area (Å²) in [6.07, 6.45) is 1.48. The Kier molecular flexibility index (Phi) is 3.96. The van der Waals surface area contributed by atoms with Gasteiger partial charge in [-0.15, -0.1) is 6.58 Å². The molecule has 4 nitrogen and oxygen atoms in total. The van der Waals surface area contributed by atoms with Crippen molar-refractivity contribution in [3.63, 3.8) is 0 Å². The third kappa shape index (κ3) is 2.75. The maximum atomic E-state index is 11.9. The molecule has 1 unspecified atom stereocenters. The number of halogens is 1. The summed E-state index contributed by atoms with van der Waals surface area (Å²) >= 11 is 5.82. The van der Waals surface area contributed by atoms with Crippen LogP contribution in [0.15, 0.2) is 35.7 Å². The zero-order valence-electron chi connectivity index (χ0n) is 8.77. The molecule has 0 bridgehead atoms. The van der Waals surface area contributed by atoms with Crippen LogP contribution in [0, 0.1) is 0 Å². The van der Waals surface area contributed by atoms with Gasteiger partial charge in [-0.3, -0.25) is 0 Å². The summed E-state index contributed by atoms with van der Waals surface area (Å²) in [4.78, 5) is -0.0923. The summed E-state index contributed by atoms with van der Waals surface area (Å²) in [6.45, 7) is 5.16. The fraction of sp³-hybridized carbons (Fsp3) is 0.200. The molecular weight excluding hydrogens is 248 g/mol. The summed E-state index contributed by atoms with van der Waals surface area (Å²) in [7, 11) is -3.71. The average Bonchev–Trinajstić information content (AvgIpc) is 2.16. The third-order valence-corrected chi connectivity index (χ3v) is 4.06. The molecule has 0 fully saturated rings. The Hall–Kier alpha value is -1.04. The Morgan fingerprint density at radius 1 is 1.56 bits per heavy atom. The Morgan fingerprint density at radius 3 is 2.69 bits per heavy atom. The maximum Gasteiger partial charge on any atom is 0.244 e. The molecule has 6 heteroatoms. The smallest absolute Gasteiger partial charge is 0.244 e. The first kappa shape index (κ1) is 13.0.